The van der Waals surface area contributed by atoms with E-state index in [2.05, 4.69) is 18.2 Å². The third-order valence-corrected chi connectivity index (χ3v) is 6.74. The van der Waals surface area contributed by atoms with Crippen LogP contribution in [0.15, 0.2) is 23.1 Å². The van der Waals surface area contributed by atoms with Crippen molar-refractivity contribution >= 4 is 27.5 Å². The second-order valence-electron chi connectivity index (χ2n) is 5.62. The van der Waals surface area contributed by atoms with Crippen LogP contribution in [0.25, 0.3) is 0 Å². The van der Waals surface area contributed by atoms with Gasteiger partial charge in [0.1, 0.15) is 0 Å². The quantitative estimate of drug-likeness (QED) is 0.794. The first-order valence-electron chi connectivity index (χ1n) is 6.94. The third kappa shape index (κ3) is 4.23. The third-order valence-electron chi connectivity index (χ3n) is 3.84. The molecule has 0 radical (unpaired) electrons. The Morgan fingerprint density at radius 1 is 1.38 bits per heavy atom. The first kappa shape index (κ1) is 16.4. The largest absolute Gasteiger partial charge is 0.341 e. The predicted octanol–water partition coefficient (Wildman–Crippen LogP) is 2.04. The van der Waals surface area contributed by atoms with Crippen LogP contribution in [0.1, 0.15) is 17.5 Å². The van der Waals surface area contributed by atoms with Crippen LogP contribution in [0.5, 0.6) is 0 Å². The molecule has 0 spiro atoms. The summed E-state index contributed by atoms with van der Waals surface area (Å²) < 4.78 is 23.0. The van der Waals surface area contributed by atoms with Gasteiger partial charge in [-0.05, 0) is 31.9 Å². The topological polar surface area (TPSA) is 54.5 Å². The van der Waals surface area contributed by atoms with E-state index in [9.17, 15) is 13.2 Å². The summed E-state index contributed by atoms with van der Waals surface area (Å²) in [5.74, 6) is 0.628. The summed E-state index contributed by atoms with van der Waals surface area (Å²) in [7, 11) is -1.25. The average molecular weight is 327 g/mol. The summed E-state index contributed by atoms with van der Waals surface area (Å²) in [6, 6.07) is 6.01. The van der Waals surface area contributed by atoms with Gasteiger partial charge in [-0.25, -0.2) is 8.42 Å². The number of nitrogens with zero attached hydrogens (tertiary/aromatic N) is 1. The number of amides is 1. The van der Waals surface area contributed by atoms with E-state index in [-0.39, 0.29) is 23.5 Å². The Balaban J connectivity index is 1.94. The summed E-state index contributed by atoms with van der Waals surface area (Å²) in [5, 5.41) is 0. The maximum absolute atomic E-state index is 12.2. The summed E-state index contributed by atoms with van der Waals surface area (Å²) in [6.07, 6.45) is 0.554. The van der Waals surface area contributed by atoms with Crippen molar-refractivity contribution in [3.8, 4) is 0 Å². The van der Waals surface area contributed by atoms with E-state index in [0.717, 1.165) is 10.5 Å². The fourth-order valence-corrected chi connectivity index (χ4v) is 5.21. The normalized spacial score (nSPS) is 20.4. The van der Waals surface area contributed by atoms with Gasteiger partial charge in [0.05, 0.1) is 17.3 Å². The number of rotatable bonds is 4. The highest BCUT2D eigenvalue weighted by Gasteiger charge is 2.32. The highest BCUT2D eigenvalue weighted by atomic mass is 32.2. The lowest BCUT2D eigenvalue weighted by molar-refractivity contribution is -0.128. The van der Waals surface area contributed by atoms with Crippen molar-refractivity contribution in [1.29, 1.82) is 0 Å². The molecule has 0 aliphatic carbocycles. The molecule has 1 amide bonds. The number of aryl methyl sites for hydroxylation is 2. The molecule has 0 bridgehead atoms. The smallest absolute Gasteiger partial charge is 0.232 e. The van der Waals surface area contributed by atoms with Crippen LogP contribution >= 0.6 is 11.8 Å². The van der Waals surface area contributed by atoms with Crippen LogP contribution in [0.2, 0.25) is 0 Å². The Hall–Kier alpha value is -1.01. The van der Waals surface area contributed by atoms with E-state index in [1.165, 1.54) is 17.3 Å². The minimum Gasteiger partial charge on any atom is -0.341 e. The van der Waals surface area contributed by atoms with Gasteiger partial charge in [0.25, 0.3) is 0 Å². The maximum Gasteiger partial charge on any atom is 0.232 e. The molecule has 1 atom stereocenters. The lowest BCUT2D eigenvalue weighted by Gasteiger charge is -2.23. The standard InChI is InChI=1S/C15H21NO3S2/c1-11-4-5-12(2)14(8-11)20-9-15(17)16(3)13-6-7-21(18,19)10-13/h4-5,8,13H,6-7,9-10H2,1-3H3/t13-/m0/s1. The first-order chi connectivity index (χ1) is 9.78. The van der Waals surface area contributed by atoms with Gasteiger partial charge in [0.15, 0.2) is 9.84 Å². The molecule has 1 fully saturated rings. The van der Waals surface area contributed by atoms with Gasteiger partial charge >= 0.3 is 0 Å². The minimum atomic E-state index is -2.95. The zero-order valence-corrected chi connectivity index (χ0v) is 14.3. The second-order valence-corrected chi connectivity index (χ2v) is 8.87. The molecule has 0 saturated carbocycles. The molecule has 116 valence electrons. The summed E-state index contributed by atoms with van der Waals surface area (Å²) >= 11 is 1.52. The van der Waals surface area contributed by atoms with Crippen molar-refractivity contribution in [3.63, 3.8) is 0 Å². The highest BCUT2D eigenvalue weighted by molar-refractivity contribution is 8.00. The Morgan fingerprint density at radius 3 is 2.71 bits per heavy atom. The Morgan fingerprint density at radius 2 is 2.10 bits per heavy atom. The van der Waals surface area contributed by atoms with Gasteiger partial charge in [-0.3, -0.25) is 4.79 Å². The van der Waals surface area contributed by atoms with Crippen LogP contribution in [0.4, 0.5) is 0 Å². The molecule has 1 aliphatic heterocycles. The number of hydrogen-bond acceptors (Lipinski definition) is 4. The number of sulfone groups is 1. The van der Waals surface area contributed by atoms with Gasteiger partial charge in [-0.2, -0.15) is 0 Å². The van der Waals surface area contributed by atoms with Crippen LogP contribution in [0.3, 0.4) is 0 Å². The molecule has 21 heavy (non-hydrogen) atoms. The number of carbonyl (C=O) groups is 1. The monoisotopic (exact) mass is 327 g/mol. The van der Waals surface area contributed by atoms with Crippen LogP contribution in [-0.2, 0) is 14.6 Å². The number of thioether (sulfide) groups is 1. The first-order valence-corrected chi connectivity index (χ1v) is 9.75. The molecule has 0 unspecified atom stereocenters. The van der Waals surface area contributed by atoms with E-state index in [0.29, 0.717) is 12.2 Å². The van der Waals surface area contributed by atoms with E-state index in [1.54, 1.807) is 11.9 Å². The van der Waals surface area contributed by atoms with Gasteiger partial charge in [0.2, 0.25) is 5.91 Å². The van der Waals surface area contributed by atoms with E-state index >= 15 is 0 Å². The van der Waals surface area contributed by atoms with Crippen LogP contribution in [0, 0.1) is 13.8 Å². The van der Waals surface area contributed by atoms with Gasteiger partial charge in [0, 0.05) is 18.0 Å². The summed E-state index contributed by atoms with van der Waals surface area (Å²) in [4.78, 5) is 14.9. The molecule has 1 aromatic rings. The van der Waals surface area contributed by atoms with Crippen molar-refractivity contribution in [2.75, 3.05) is 24.3 Å². The number of benzene rings is 1. The number of carbonyl (C=O) groups excluding carboxylic acids is 1. The highest BCUT2D eigenvalue weighted by Crippen LogP contribution is 2.24. The molecule has 2 rings (SSSR count). The zero-order valence-electron chi connectivity index (χ0n) is 12.6. The Bertz CT molecular complexity index is 640. The SMILES string of the molecule is Cc1ccc(C)c(SCC(=O)N(C)[C@H]2CCS(=O)(=O)C2)c1. The summed E-state index contributed by atoms with van der Waals surface area (Å²) in [6.45, 7) is 4.06. The second kappa shape index (κ2) is 6.40. The number of hydrogen-bond donors (Lipinski definition) is 0. The maximum atomic E-state index is 12.2. The van der Waals surface area contributed by atoms with Crippen molar-refractivity contribution in [1.82, 2.24) is 4.90 Å². The molecule has 1 heterocycles. The molecule has 0 aromatic heterocycles. The van der Waals surface area contributed by atoms with E-state index < -0.39 is 9.84 Å². The molecular weight excluding hydrogens is 306 g/mol. The molecule has 4 nitrogen and oxygen atoms in total. The van der Waals surface area contributed by atoms with Crippen molar-refractivity contribution in [2.24, 2.45) is 0 Å². The Kier molecular flexibility index (Phi) is 4.99. The minimum absolute atomic E-state index is 0.0111. The molecular formula is C15H21NO3S2. The zero-order chi connectivity index (χ0) is 15.6. The predicted molar refractivity (Wildman–Crippen MR) is 86.5 cm³/mol. The van der Waals surface area contributed by atoms with Gasteiger partial charge < -0.3 is 4.90 Å². The van der Waals surface area contributed by atoms with Crippen molar-refractivity contribution < 1.29 is 13.2 Å². The molecule has 6 heteroatoms. The van der Waals surface area contributed by atoms with E-state index in [1.807, 2.05) is 13.8 Å². The van der Waals surface area contributed by atoms with Gasteiger partial charge in [-0.1, -0.05) is 17.7 Å². The van der Waals surface area contributed by atoms with Crippen molar-refractivity contribution in [3.05, 3.63) is 29.3 Å². The molecule has 1 saturated heterocycles. The van der Waals surface area contributed by atoms with Crippen LogP contribution < -0.4 is 0 Å². The van der Waals surface area contributed by atoms with Crippen LogP contribution in [-0.4, -0.2) is 49.6 Å². The lowest BCUT2D eigenvalue weighted by atomic mass is 10.2. The fourth-order valence-electron chi connectivity index (χ4n) is 2.39. The fraction of sp³-hybridized carbons (Fsp3) is 0.533. The average Bonchev–Trinajstić information content (AvgIpc) is 2.79. The molecule has 1 aromatic carbocycles. The Labute approximate surface area is 130 Å². The van der Waals surface area contributed by atoms with Crippen molar-refractivity contribution in [2.45, 2.75) is 31.2 Å². The lowest BCUT2D eigenvalue weighted by Crippen LogP contribution is -2.38. The molecule has 1 aliphatic rings. The van der Waals surface area contributed by atoms with E-state index in [4.69, 9.17) is 0 Å². The van der Waals surface area contributed by atoms with Gasteiger partial charge in [-0.15, -0.1) is 11.8 Å². The summed E-state index contributed by atoms with van der Waals surface area (Å²) in [5.41, 5.74) is 2.33. The molecule has 0 N–H and O–H groups in total.